The number of hydrogen-bond acceptors (Lipinski definition) is 2. The van der Waals surface area contributed by atoms with Gasteiger partial charge in [0.2, 0.25) is 0 Å². The predicted molar refractivity (Wildman–Crippen MR) is 151 cm³/mol. The van der Waals surface area contributed by atoms with Crippen molar-refractivity contribution in [3.63, 3.8) is 0 Å². The molecular weight excluding hydrogens is 404 g/mol. The van der Waals surface area contributed by atoms with Crippen LogP contribution in [0.15, 0.2) is 0 Å². The molecule has 1 saturated heterocycles. The van der Waals surface area contributed by atoms with Gasteiger partial charge in [-0.2, -0.15) is 0 Å². The fourth-order valence-electron chi connectivity index (χ4n) is 4.16. The molecule has 33 heavy (non-hydrogen) atoms. The Morgan fingerprint density at radius 1 is 0.485 bits per heavy atom. The van der Waals surface area contributed by atoms with Gasteiger partial charge in [-0.25, -0.2) is 0 Å². The summed E-state index contributed by atoms with van der Waals surface area (Å²) in [7, 11) is 0. The summed E-state index contributed by atoms with van der Waals surface area (Å²) in [5.74, 6) is 0. The monoisotopic (exact) mass is 471 g/mol. The molecule has 1 atom stereocenters. The highest BCUT2D eigenvalue weighted by Gasteiger charge is 2.21. The van der Waals surface area contributed by atoms with Crippen LogP contribution >= 0.6 is 0 Å². The predicted octanol–water partition coefficient (Wildman–Crippen LogP) is 11.1. The van der Waals surface area contributed by atoms with Crippen molar-refractivity contribution in [3.05, 3.63) is 0 Å². The maximum absolute atomic E-state index is 5.52. The molecule has 1 aliphatic rings. The highest BCUT2D eigenvalue weighted by atomic mass is 16.6. The SMILES string of the molecule is C.CCCCCCCCCCCCC.CCCCCCCCCCCCCCOCC1CO1. The molecule has 0 aromatic carbocycles. The highest BCUT2D eigenvalue weighted by Crippen LogP contribution is 2.13. The third-order valence-electron chi connectivity index (χ3n) is 6.56. The zero-order valence-electron chi connectivity index (χ0n) is 22.8. The highest BCUT2D eigenvalue weighted by molar-refractivity contribution is 4.67. The molecule has 1 heterocycles. The average molecular weight is 471 g/mol. The average Bonchev–Trinajstić information content (AvgIpc) is 3.63. The van der Waals surface area contributed by atoms with Crippen LogP contribution in [0.1, 0.15) is 176 Å². The number of hydrogen-bond donors (Lipinski definition) is 0. The lowest BCUT2D eigenvalue weighted by molar-refractivity contribution is 0.113. The third kappa shape index (κ3) is 34.2. The Morgan fingerprint density at radius 2 is 0.758 bits per heavy atom. The fourth-order valence-corrected chi connectivity index (χ4v) is 4.16. The van der Waals surface area contributed by atoms with E-state index >= 15 is 0 Å². The van der Waals surface area contributed by atoms with Gasteiger partial charge in [0.25, 0.3) is 0 Å². The molecule has 0 saturated carbocycles. The summed E-state index contributed by atoms with van der Waals surface area (Å²) in [5.41, 5.74) is 0. The largest absolute Gasteiger partial charge is 0.379 e. The van der Waals surface area contributed by atoms with Crippen LogP contribution in [0.5, 0.6) is 0 Å². The van der Waals surface area contributed by atoms with Gasteiger partial charge in [0.05, 0.1) is 13.2 Å². The lowest BCUT2D eigenvalue weighted by Gasteiger charge is -2.03. The Hall–Kier alpha value is -0.0800. The van der Waals surface area contributed by atoms with Crippen LogP contribution in [0.25, 0.3) is 0 Å². The van der Waals surface area contributed by atoms with Gasteiger partial charge in [-0.15, -0.1) is 0 Å². The third-order valence-corrected chi connectivity index (χ3v) is 6.56. The van der Waals surface area contributed by atoms with Crippen LogP contribution in [-0.2, 0) is 9.47 Å². The summed E-state index contributed by atoms with van der Waals surface area (Å²) < 4.78 is 10.6. The molecule has 1 unspecified atom stereocenters. The van der Waals surface area contributed by atoms with E-state index in [1.165, 1.54) is 148 Å². The smallest absolute Gasteiger partial charge is 0.104 e. The van der Waals surface area contributed by atoms with E-state index < -0.39 is 0 Å². The van der Waals surface area contributed by atoms with Gasteiger partial charge in [-0.3, -0.25) is 0 Å². The molecule has 0 radical (unpaired) electrons. The van der Waals surface area contributed by atoms with Crippen LogP contribution in [-0.4, -0.2) is 25.9 Å². The van der Waals surface area contributed by atoms with Crippen LogP contribution in [0, 0.1) is 0 Å². The lowest BCUT2D eigenvalue weighted by Crippen LogP contribution is -2.02. The van der Waals surface area contributed by atoms with Crippen molar-refractivity contribution >= 4 is 0 Å². The van der Waals surface area contributed by atoms with Crippen LogP contribution in [0.3, 0.4) is 0 Å². The van der Waals surface area contributed by atoms with Gasteiger partial charge in [0.1, 0.15) is 6.10 Å². The van der Waals surface area contributed by atoms with Crippen LogP contribution in [0.4, 0.5) is 0 Å². The Labute approximate surface area is 211 Å². The summed E-state index contributed by atoms with van der Waals surface area (Å²) in [5, 5.41) is 0. The van der Waals surface area contributed by atoms with Crippen molar-refractivity contribution in [2.24, 2.45) is 0 Å². The normalized spacial score (nSPS) is 14.5. The van der Waals surface area contributed by atoms with Crippen molar-refractivity contribution in [1.29, 1.82) is 0 Å². The molecule has 0 amide bonds. The maximum Gasteiger partial charge on any atom is 0.104 e. The molecule has 0 aromatic heterocycles. The van der Waals surface area contributed by atoms with E-state index in [-0.39, 0.29) is 7.43 Å². The fraction of sp³-hybridized carbons (Fsp3) is 1.00. The van der Waals surface area contributed by atoms with Crippen LogP contribution < -0.4 is 0 Å². The Morgan fingerprint density at radius 3 is 1.03 bits per heavy atom. The first kappa shape index (κ1) is 35.1. The van der Waals surface area contributed by atoms with Gasteiger partial charge in [0.15, 0.2) is 0 Å². The first-order chi connectivity index (χ1) is 15.8. The minimum Gasteiger partial charge on any atom is -0.379 e. The van der Waals surface area contributed by atoms with Gasteiger partial charge in [-0.05, 0) is 6.42 Å². The van der Waals surface area contributed by atoms with Gasteiger partial charge >= 0.3 is 0 Å². The summed E-state index contributed by atoms with van der Waals surface area (Å²) >= 11 is 0. The summed E-state index contributed by atoms with van der Waals surface area (Å²) in [6.45, 7) is 9.51. The van der Waals surface area contributed by atoms with Crippen molar-refractivity contribution < 1.29 is 9.47 Å². The molecule has 1 fully saturated rings. The van der Waals surface area contributed by atoms with Crippen molar-refractivity contribution in [2.45, 2.75) is 182 Å². The maximum atomic E-state index is 5.52. The second kappa shape index (κ2) is 31.9. The molecule has 0 aromatic rings. The first-order valence-corrected chi connectivity index (χ1v) is 15.0. The molecular formula is C31H66O2. The van der Waals surface area contributed by atoms with Crippen molar-refractivity contribution in [1.82, 2.24) is 0 Å². The summed E-state index contributed by atoms with van der Waals surface area (Å²) in [6, 6.07) is 0. The second-order valence-electron chi connectivity index (χ2n) is 10.1. The minimum atomic E-state index is 0. The van der Waals surface area contributed by atoms with E-state index in [1.807, 2.05) is 0 Å². The zero-order chi connectivity index (χ0) is 23.4. The van der Waals surface area contributed by atoms with E-state index in [0.29, 0.717) is 6.10 Å². The standard InChI is InChI=1S/C17H34O2.C13H28.CH4/c1-2-3-4-5-6-7-8-9-10-11-12-13-14-18-15-17-16-19-17;1-3-5-7-9-11-13-12-10-8-6-4-2;/h17H,2-16H2,1H3;3-13H2,1-2H3;1H4. The molecule has 202 valence electrons. The minimum absolute atomic E-state index is 0. The van der Waals surface area contributed by atoms with E-state index in [4.69, 9.17) is 9.47 Å². The quantitative estimate of drug-likeness (QED) is 0.0977. The summed E-state index contributed by atoms with van der Waals surface area (Å²) in [6.07, 6.45) is 33.2. The molecule has 1 rings (SSSR count). The zero-order valence-corrected chi connectivity index (χ0v) is 22.8. The molecule has 0 aliphatic carbocycles. The summed E-state index contributed by atoms with van der Waals surface area (Å²) in [4.78, 5) is 0. The van der Waals surface area contributed by atoms with Gasteiger partial charge in [-0.1, -0.05) is 169 Å². The van der Waals surface area contributed by atoms with Crippen molar-refractivity contribution in [2.75, 3.05) is 19.8 Å². The lowest BCUT2D eigenvalue weighted by atomic mass is 10.1. The van der Waals surface area contributed by atoms with E-state index in [9.17, 15) is 0 Å². The number of ether oxygens (including phenoxy) is 2. The Bertz CT molecular complexity index is 304. The second-order valence-corrected chi connectivity index (χ2v) is 10.1. The Balaban J connectivity index is 0. The number of epoxide rings is 1. The molecule has 2 nitrogen and oxygen atoms in total. The molecule has 2 heteroatoms. The molecule has 0 bridgehead atoms. The number of rotatable bonds is 25. The first-order valence-electron chi connectivity index (χ1n) is 15.0. The Kier molecular flexibility index (Phi) is 33.9. The number of unbranched alkanes of at least 4 members (excludes halogenated alkanes) is 21. The molecule has 0 N–H and O–H groups in total. The van der Waals surface area contributed by atoms with Gasteiger partial charge in [0, 0.05) is 6.61 Å². The van der Waals surface area contributed by atoms with Crippen molar-refractivity contribution in [3.8, 4) is 0 Å². The topological polar surface area (TPSA) is 21.8 Å². The van der Waals surface area contributed by atoms with E-state index in [1.54, 1.807) is 0 Å². The van der Waals surface area contributed by atoms with E-state index in [2.05, 4.69) is 20.8 Å². The van der Waals surface area contributed by atoms with Gasteiger partial charge < -0.3 is 9.47 Å². The van der Waals surface area contributed by atoms with Crippen LogP contribution in [0.2, 0.25) is 0 Å². The molecule has 0 spiro atoms. The van der Waals surface area contributed by atoms with E-state index in [0.717, 1.165) is 19.8 Å². The molecule has 1 aliphatic heterocycles.